The van der Waals surface area contributed by atoms with Crippen molar-refractivity contribution in [2.45, 2.75) is 64.8 Å². The predicted octanol–water partition coefficient (Wildman–Crippen LogP) is 5.18. The number of anilines is 1. The van der Waals surface area contributed by atoms with E-state index in [4.69, 9.17) is 0 Å². The van der Waals surface area contributed by atoms with Crippen molar-refractivity contribution in [1.29, 1.82) is 0 Å². The van der Waals surface area contributed by atoms with Crippen molar-refractivity contribution in [3.8, 4) is 0 Å². The summed E-state index contributed by atoms with van der Waals surface area (Å²) >= 11 is 0. The molecule has 3 aromatic carbocycles. The van der Waals surface area contributed by atoms with Gasteiger partial charge in [0.25, 0.3) is 10.0 Å². The summed E-state index contributed by atoms with van der Waals surface area (Å²) in [6.07, 6.45) is 1.72. The van der Waals surface area contributed by atoms with Gasteiger partial charge in [0.2, 0.25) is 11.8 Å². The van der Waals surface area contributed by atoms with E-state index in [1.165, 1.54) is 4.31 Å². The number of carbonyl (C=O) groups excluding carboxylic acids is 2. The average Bonchev–Trinajstić information content (AvgIpc) is 2.93. The zero-order chi connectivity index (χ0) is 29.3. The first-order valence-corrected chi connectivity index (χ1v) is 15.3. The van der Waals surface area contributed by atoms with Crippen LogP contribution in [-0.2, 0) is 26.0 Å². The van der Waals surface area contributed by atoms with Crippen LogP contribution < -0.4 is 9.62 Å². The Morgan fingerprint density at radius 1 is 0.875 bits per heavy atom. The summed E-state index contributed by atoms with van der Waals surface area (Å²) in [5, 5.41) is 2.91. The number of sulfonamides is 1. The van der Waals surface area contributed by atoms with Crippen molar-refractivity contribution in [3.63, 3.8) is 0 Å². The first-order chi connectivity index (χ1) is 19.1. The van der Waals surface area contributed by atoms with Gasteiger partial charge < -0.3 is 10.2 Å². The molecule has 214 valence electrons. The molecular weight excluding hydrogens is 522 g/mol. The van der Waals surface area contributed by atoms with Crippen LogP contribution in [0.5, 0.6) is 0 Å². The lowest BCUT2D eigenvalue weighted by Crippen LogP contribution is -2.53. The lowest BCUT2D eigenvalue weighted by atomic mass is 10.1. The second-order valence-corrected chi connectivity index (χ2v) is 12.0. The lowest BCUT2D eigenvalue weighted by molar-refractivity contribution is -0.139. The van der Waals surface area contributed by atoms with Gasteiger partial charge in [0.05, 0.1) is 10.6 Å². The standard InChI is InChI=1S/C32H41N3O4S/c1-6-20-33-32(37)29(7-2)34(21-19-27-11-9-8-10-12-27)31(36)23-35(30-18-15-25(4)22-26(30)5)40(38,39)28-16-13-24(3)14-17-28/h8-18,22,29H,6-7,19-21,23H2,1-5H3,(H,33,37)/t29-/m1/s1. The lowest BCUT2D eigenvalue weighted by Gasteiger charge is -2.33. The maximum atomic E-state index is 14.1. The Bertz CT molecular complexity index is 1390. The topological polar surface area (TPSA) is 86.8 Å². The molecule has 3 aromatic rings. The Labute approximate surface area is 239 Å². The van der Waals surface area contributed by atoms with Crippen LogP contribution in [0.15, 0.2) is 77.7 Å². The Kier molecular flexibility index (Phi) is 10.9. The van der Waals surface area contributed by atoms with E-state index in [-0.39, 0.29) is 17.3 Å². The maximum absolute atomic E-state index is 14.1. The molecule has 7 nitrogen and oxygen atoms in total. The number of nitrogens with zero attached hydrogens (tertiary/aromatic N) is 2. The van der Waals surface area contributed by atoms with Gasteiger partial charge in [0.15, 0.2) is 0 Å². The molecule has 0 bridgehead atoms. The minimum Gasteiger partial charge on any atom is -0.354 e. The fourth-order valence-electron chi connectivity index (χ4n) is 4.70. The first kappa shape index (κ1) is 30.9. The van der Waals surface area contributed by atoms with Crippen LogP contribution in [0.1, 0.15) is 48.9 Å². The van der Waals surface area contributed by atoms with Crippen molar-refractivity contribution in [2.24, 2.45) is 0 Å². The van der Waals surface area contributed by atoms with E-state index in [1.807, 2.05) is 77.1 Å². The minimum absolute atomic E-state index is 0.106. The Balaban J connectivity index is 2.03. The number of aryl methyl sites for hydroxylation is 3. The monoisotopic (exact) mass is 563 g/mol. The number of hydrogen-bond acceptors (Lipinski definition) is 4. The van der Waals surface area contributed by atoms with E-state index in [1.54, 1.807) is 35.2 Å². The van der Waals surface area contributed by atoms with Crippen LogP contribution in [0.4, 0.5) is 5.69 Å². The Hall–Kier alpha value is -3.65. The van der Waals surface area contributed by atoms with Gasteiger partial charge in [-0.25, -0.2) is 8.42 Å². The van der Waals surface area contributed by atoms with Gasteiger partial charge in [-0.05, 0) is 69.4 Å². The Morgan fingerprint density at radius 2 is 1.52 bits per heavy atom. The molecule has 0 saturated carbocycles. The molecule has 0 heterocycles. The summed E-state index contributed by atoms with van der Waals surface area (Å²) in [6.45, 7) is 9.87. The van der Waals surface area contributed by atoms with Crippen molar-refractivity contribution in [1.82, 2.24) is 10.2 Å². The quantitative estimate of drug-likeness (QED) is 0.310. The van der Waals surface area contributed by atoms with Crippen LogP contribution in [0.25, 0.3) is 0 Å². The van der Waals surface area contributed by atoms with Gasteiger partial charge in [-0.15, -0.1) is 0 Å². The summed E-state index contributed by atoms with van der Waals surface area (Å²) in [7, 11) is -4.08. The third kappa shape index (κ3) is 7.72. The van der Waals surface area contributed by atoms with Gasteiger partial charge in [-0.3, -0.25) is 13.9 Å². The number of hydrogen-bond donors (Lipinski definition) is 1. The largest absolute Gasteiger partial charge is 0.354 e. The van der Waals surface area contributed by atoms with E-state index in [0.29, 0.717) is 25.1 Å². The van der Waals surface area contributed by atoms with E-state index in [2.05, 4.69) is 5.32 Å². The molecule has 0 fully saturated rings. The molecule has 40 heavy (non-hydrogen) atoms. The summed E-state index contributed by atoms with van der Waals surface area (Å²) < 4.78 is 29.2. The third-order valence-corrected chi connectivity index (χ3v) is 8.70. The maximum Gasteiger partial charge on any atom is 0.264 e. The molecule has 0 unspecified atom stereocenters. The molecule has 0 saturated heterocycles. The highest BCUT2D eigenvalue weighted by atomic mass is 32.2. The number of benzene rings is 3. The first-order valence-electron chi connectivity index (χ1n) is 13.9. The van der Waals surface area contributed by atoms with Gasteiger partial charge in [-0.2, -0.15) is 0 Å². The van der Waals surface area contributed by atoms with Gasteiger partial charge in [0.1, 0.15) is 12.6 Å². The highest BCUT2D eigenvalue weighted by Gasteiger charge is 2.33. The van der Waals surface area contributed by atoms with Crippen LogP contribution in [0.2, 0.25) is 0 Å². The van der Waals surface area contributed by atoms with Crippen LogP contribution in [0, 0.1) is 20.8 Å². The van der Waals surface area contributed by atoms with Gasteiger partial charge >= 0.3 is 0 Å². The van der Waals surface area contributed by atoms with E-state index in [0.717, 1.165) is 28.7 Å². The molecular formula is C32H41N3O4S. The summed E-state index contributed by atoms with van der Waals surface area (Å²) in [4.78, 5) is 28.9. The van der Waals surface area contributed by atoms with Gasteiger partial charge in [0, 0.05) is 13.1 Å². The summed E-state index contributed by atoms with van der Waals surface area (Å²) in [6, 6.07) is 21.1. The molecule has 0 aromatic heterocycles. The third-order valence-electron chi connectivity index (χ3n) is 6.93. The Morgan fingerprint density at radius 3 is 2.12 bits per heavy atom. The van der Waals surface area contributed by atoms with Crippen LogP contribution in [0.3, 0.4) is 0 Å². The number of rotatable bonds is 13. The van der Waals surface area contributed by atoms with Crippen molar-refractivity contribution < 1.29 is 18.0 Å². The average molecular weight is 564 g/mol. The molecule has 1 N–H and O–H groups in total. The zero-order valence-electron chi connectivity index (χ0n) is 24.2. The van der Waals surface area contributed by atoms with Crippen LogP contribution >= 0.6 is 0 Å². The highest BCUT2D eigenvalue weighted by Crippen LogP contribution is 2.28. The number of amides is 2. The fourth-order valence-corrected chi connectivity index (χ4v) is 6.18. The molecule has 1 atom stereocenters. The molecule has 3 rings (SSSR count). The normalized spacial score (nSPS) is 12.0. The fraction of sp³-hybridized carbons (Fsp3) is 0.375. The minimum atomic E-state index is -4.08. The smallest absolute Gasteiger partial charge is 0.264 e. The molecule has 0 spiro atoms. The van der Waals surface area contributed by atoms with E-state index in [9.17, 15) is 18.0 Å². The SMILES string of the molecule is CCCNC(=O)[C@@H](CC)N(CCc1ccccc1)C(=O)CN(c1ccc(C)cc1C)S(=O)(=O)c1ccc(C)cc1. The summed E-state index contributed by atoms with van der Waals surface area (Å²) in [5.41, 5.74) is 4.13. The highest BCUT2D eigenvalue weighted by molar-refractivity contribution is 7.92. The molecule has 0 radical (unpaired) electrons. The molecule has 0 aliphatic rings. The second-order valence-electron chi connectivity index (χ2n) is 10.2. The molecule has 8 heteroatoms. The van der Waals surface area contributed by atoms with Crippen molar-refractivity contribution >= 4 is 27.5 Å². The molecule has 0 aliphatic heterocycles. The summed E-state index contributed by atoms with van der Waals surface area (Å²) in [5.74, 6) is -0.657. The van der Waals surface area contributed by atoms with E-state index < -0.39 is 28.5 Å². The number of nitrogens with one attached hydrogen (secondary N) is 1. The van der Waals surface area contributed by atoms with Gasteiger partial charge in [-0.1, -0.05) is 79.6 Å². The van der Waals surface area contributed by atoms with Crippen LogP contribution in [-0.4, -0.2) is 50.8 Å². The van der Waals surface area contributed by atoms with Crippen molar-refractivity contribution in [3.05, 3.63) is 95.1 Å². The number of carbonyl (C=O) groups is 2. The molecule has 0 aliphatic carbocycles. The second kappa shape index (κ2) is 14.1. The predicted molar refractivity (Wildman–Crippen MR) is 161 cm³/mol. The van der Waals surface area contributed by atoms with E-state index >= 15 is 0 Å². The zero-order valence-corrected chi connectivity index (χ0v) is 25.0. The molecule has 2 amide bonds. The van der Waals surface area contributed by atoms with Crippen molar-refractivity contribution in [2.75, 3.05) is 23.9 Å².